The van der Waals surface area contributed by atoms with E-state index in [1.807, 2.05) is 25.7 Å². The molecular weight excluding hydrogens is 245 g/mol. The van der Waals surface area contributed by atoms with Gasteiger partial charge in [0, 0.05) is 11.3 Å². The van der Waals surface area contributed by atoms with E-state index in [1.54, 1.807) is 6.07 Å². The summed E-state index contributed by atoms with van der Waals surface area (Å²) in [5.41, 5.74) is 2.40. The average molecular weight is 263 g/mol. The van der Waals surface area contributed by atoms with Crippen LogP contribution in [0.1, 0.15) is 26.3 Å². The Kier molecular flexibility index (Phi) is 3.35. The van der Waals surface area contributed by atoms with Crippen LogP contribution in [-0.4, -0.2) is 25.2 Å². The topological polar surface area (TPSA) is 29.5 Å². The van der Waals surface area contributed by atoms with E-state index in [1.165, 1.54) is 19.2 Å². The standard InChI is InChI=1S/C15H18FNO2/c1-10-8-15(2,3)17(9-14(18)19-4)13-7-11(16)5-6-12(10)13/h5-8H,9H2,1-4H3. The van der Waals surface area contributed by atoms with E-state index >= 15 is 0 Å². The maximum absolute atomic E-state index is 13.5. The Morgan fingerprint density at radius 2 is 2.11 bits per heavy atom. The van der Waals surface area contributed by atoms with E-state index in [2.05, 4.69) is 6.08 Å². The van der Waals surface area contributed by atoms with Gasteiger partial charge in [0.2, 0.25) is 0 Å². The SMILES string of the molecule is COC(=O)CN1c2cc(F)ccc2C(C)=CC1(C)C. The molecule has 1 aromatic rings. The van der Waals surface area contributed by atoms with E-state index in [0.29, 0.717) is 0 Å². The monoisotopic (exact) mass is 263 g/mol. The van der Waals surface area contributed by atoms with Crippen LogP contribution in [0.25, 0.3) is 5.57 Å². The summed E-state index contributed by atoms with van der Waals surface area (Å²) < 4.78 is 18.2. The summed E-state index contributed by atoms with van der Waals surface area (Å²) in [4.78, 5) is 13.4. The number of esters is 1. The lowest BCUT2D eigenvalue weighted by Gasteiger charge is -2.42. The van der Waals surface area contributed by atoms with Gasteiger partial charge in [-0.2, -0.15) is 0 Å². The fraction of sp³-hybridized carbons (Fsp3) is 0.400. The van der Waals surface area contributed by atoms with Crippen molar-refractivity contribution >= 4 is 17.2 Å². The summed E-state index contributed by atoms with van der Waals surface area (Å²) >= 11 is 0. The second-order valence-corrected chi connectivity index (χ2v) is 5.30. The van der Waals surface area contributed by atoms with E-state index < -0.39 is 0 Å². The Labute approximate surface area is 112 Å². The van der Waals surface area contributed by atoms with Crippen LogP contribution >= 0.6 is 0 Å². The van der Waals surface area contributed by atoms with Gasteiger partial charge in [0.05, 0.1) is 12.6 Å². The van der Waals surface area contributed by atoms with Crippen LogP contribution < -0.4 is 4.90 Å². The van der Waals surface area contributed by atoms with Crippen molar-refractivity contribution < 1.29 is 13.9 Å². The number of rotatable bonds is 2. The lowest BCUT2D eigenvalue weighted by atomic mass is 9.89. The Hall–Kier alpha value is -1.84. The second-order valence-electron chi connectivity index (χ2n) is 5.30. The highest BCUT2D eigenvalue weighted by Gasteiger charge is 2.33. The first-order valence-corrected chi connectivity index (χ1v) is 6.19. The van der Waals surface area contributed by atoms with Gasteiger partial charge in [-0.05, 0) is 44.5 Å². The number of hydrogen-bond acceptors (Lipinski definition) is 3. The van der Waals surface area contributed by atoms with Crippen molar-refractivity contribution in [2.24, 2.45) is 0 Å². The molecular formula is C15H18FNO2. The van der Waals surface area contributed by atoms with Gasteiger partial charge >= 0.3 is 5.97 Å². The van der Waals surface area contributed by atoms with Gasteiger partial charge < -0.3 is 9.64 Å². The molecule has 0 fully saturated rings. The summed E-state index contributed by atoms with van der Waals surface area (Å²) in [6, 6.07) is 4.65. The highest BCUT2D eigenvalue weighted by molar-refractivity contribution is 5.85. The molecule has 0 unspecified atom stereocenters. The summed E-state index contributed by atoms with van der Waals surface area (Å²) in [6.45, 7) is 6.08. The number of anilines is 1. The van der Waals surface area contributed by atoms with E-state index in [0.717, 1.165) is 16.8 Å². The first-order valence-electron chi connectivity index (χ1n) is 6.19. The molecule has 0 radical (unpaired) electrons. The molecule has 1 aliphatic heterocycles. The molecule has 0 atom stereocenters. The molecule has 2 rings (SSSR count). The first-order chi connectivity index (χ1) is 8.85. The van der Waals surface area contributed by atoms with E-state index in [9.17, 15) is 9.18 Å². The molecule has 1 heterocycles. The fourth-order valence-corrected chi connectivity index (χ4v) is 2.54. The van der Waals surface area contributed by atoms with Gasteiger partial charge in [0.25, 0.3) is 0 Å². The lowest BCUT2D eigenvalue weighted by Crippen LogP contribution is -2.48. The average Bonchev–Trinajstić information content (AvgIpc) is 2.33. The third kappa shape index (κ3) is 2.48. The van der Waals surface area contributed by atoms with Gasteiger partial charge in [-0.25, -0.2) is 4.39 Å². The number of hydrogen-bond donors (Lipinski definition) is 0. The zero-order chi connectivity index (χ0) is 14.2. The maximum Gasteiger partial charge on any atom is 0.325 e. The molecule has 0 saturated carbocycles. The fourth-order valence-electron chi connectivity index (χ4n) is 2.54. The largest absolute Gasteiger partial charge is 0.468 e. The molecule has 0 aromatic heterocycles. The van der Waals surface area contributed by atoms with Crippen molar-refractivity contribution in [2.45, 2.75) is 26.3 Å². The van der Waals surface area contributed by atoms with Crippen LogP contribution in [0.2, 0.25) is 0 Å². The van der Waals surface area contributed by atoms with Gasteiger partial charge in [0.1, 0.15) is 12.4 Å². The quantitative estimate of drug-likeness (QED) is 0.768. The molecule has 1 aliphatic rings. The number of carbonyl (C=O) groups excluding carboxylic acids is 1. The highest BCUT2D eigenvalue weighted by atomic mass is 19.1. The molecule has 102 valence electrons. The molecule has 0 aliphatic carbocycles. The number of methoxy groups -OCH3 is 1. The molecule has 0 amide bonds. The zero-order valence-electron chi connectivity index (χ0n) is 11.7. The molecule has 1 aromatic carbocycles. The van der Waals surface area contributed by atoms with Gasteiger partial charge in [-0.3, -0.25) is 4.79 Å². The minimum absolute atomic E-state index is 0.101. The van der Waals surface area contributed by atoms with Crippen LogP contribution in [-0.2, 0) is 9.53 Å². The molecule has 0 N–H and O–H groups in total. The number of allylic oxidation sites excluding steroid dienone is 1. The second kappa shape index (κ2) is 4.68. The van der Waals surface area contributed by atoms with Crippen molar-refractivity contribution in [3.63, 3.8) is 0 Å². The third-order valence-corrected chi connectivity index (χ3v) is 3.46. The number of fused-ring (bicyclic) bond motifs is 1. The normalized spacial score (nSPS) is 16.7. The minimum atomic E-state index is -0.362. The van der Waals surface area contributed by atoms with E-state index in [-0.39, 0.29) is 23.9 Å². The van der Waals surface area contributed by atoms with Crippen LogP contribution in [0.15, 0.2) is 24.3 Å². The number of nitrogens with zero attached hydrogens (tertiary/aromatic N) is 1. The maximum atomic E-state index is 13.5. The molecule has 4 heteroatoms. The highest BCUT2D eigenvalue weighted by Crippen LogP contribution is 2.38. The van der Waals surface area contributed by atoms with Crippen LogP contribution in [0.5, 0.6) is 0 Å². The zero-order valence-corrected chi connectivity index (χ0v) is 11.7. The molecule has 0 spiro atoms. The predicted octanol–water partition coefficient (Wildman–Crippen LogP) is 3.00. The number of halogens is 1. The summed E-state index contributed by atoms with van der Waals surface area (Å²) in [6.07, 6.45) is 2.08. The predicted molar refractivity (Wildman–Crippen MR) is 73.5 cm³/mol. The summed E-state index contributed by atoms with van der Waals surface area (Å²) in [5.74, 6) is -0.643. The van der Waals surface area contributed by atoms with Crippen LogP contribution in [0, 0.1) is 5.82 Å². The Bertz CT molecular complexity index is 549. The Balaban J connectivity index is 2.52. The van der Waals surface area contributed by atoms with Crippen molar-refractivity contribution in [1.82, 2.24) is 0 Å². The van der Waals surface area contributed by atoms with Crippen molar-refractivity contribution in [1.29, 1.82) is 0 Å². The van der Waals surface area contributed by atoms with Crippen molar-refractivity contribution in [3.05, 3.63) is 35.7 Å². The first kappa shape index (κ1) is 13.6. The summed E-state index contributed by atoms with van der Waals surface area (Å²) in [5, 5.41) is 0. The molecule has 19 heavy (non-hydrogen) atoms. The Morgan fingerprint density at radius 3 is 2.74 bits per heavy atom. The van der Waals surface area contributed by atoms with Gasteiger partial charge in [0.15, 0.2) is 0 Å². The summed E-state index contributed by atoms with van der Waals surface area (Å²) in [7, 11) is 1.35. The molecule has 0 bridgehead atoms. The molecule has 0 saturated heterocycles. The van der Waals surface area contributed by atoms with Crippen molar-refractivity contribution in [2.75, 3.05) is 18.6 Å². The Morgan fingerprint density at radius 1 is 1.42 bits per heavy atom. The van der Waals surface area contributed by atoms with Gasteiger partial charge in [-0.15, -0.1) is 0 Å². The smallest absolute Gasteiger partial charge is 0.325 e. The number of carbonyl (C=O) groups is 1. The number of ether oxygens (including phenoxy) is 1. The van der Waals surface area contributed by atoms with Crippen LogP contribution in [0.3, 0.4) is 0 Å². The van der Waals surface area contributed by atoms with E-state index in [4.69, 9.17) is 4.74 Å². The lowest BCUT2D eigenvalue weighted by molar-refractivity contribution is -0.139. The minimum Gasteiger partial charge on any atom is -0.468 e. The van der Waals surface area contributed by atoms with Crippen molar-refractivity contribution in [3.8, 4) is 0 Å². The third-order valence-electron chi connectivity index (χ3n) is 3.46. The van der Waals surface area contributed by atoms with Crippen LogP contribution in [0.4, 0.5) is 10.1 Å². The molecule has 3 nitrogen and oxygen atoms in total. The number of benzene rings is 1. The van der Waals surface area contributed by atoms with Gasteiger partial charge in [-0.1, -0.05) is 6.08 Å².